The Bertz CT molecular complexity index is 1020. The summed E-state index contributed by atoms with van der Waals surface area (Å²) in [4.78, 5) is 19.0. The van der Waals surface area contributed by atoms with E-state index in [-0.39, 0.29) is 17.3 Å². The SMILES string of the molecule is O=C(Nc1nc2cc3c(cc2s1)OCCO3)c1ccc(N2CCCC2)c(F)c1. The van der Waals surface area contributed by atoms with Crippen LogP contribution in [0.15, 0.2) is 30.3 Å². The van der Waals surface area contributed by atoms with Crippen molar-refractivity contribution in [1.82, 2.24) is 4.98 Å². The molecule has 0 atom stereocenters. The number of hydrogen-bond acceptors (Lipinski definition) is 6. The van der Waals surface area contributed by atoms with Crippen molar-refractivity contribution in [3.63, 3.8) is 0 Å². The Morgan fingerprint density at radius 1 is 1.11 bits per heavy atom. The van der Waals surface area contributed by atoms with Crippen LogP contribution in [0.3, 0.4) is 0 Å². The lowest BCUT2D eigenvalue weighted by Crippen LogP contribution is -2.19. The zero-order valence-electron chi connectivity index (χ0n) is 15.0. The van der Waals surface area contributed by atoms with E-state index in [0.717, 1.165) is 36.1 Å². The molecule has 1 fully saturated rings. The van der Waals surface area contributed by atoms with Crippen LogP contribution in [-0.2, 0) is 0 Å². The summed E-state index contributed by atoms with van der Waals surface area (Å²) >= 11 is 1.34. The second-order valence-corrected chi connectivity index (χ2v) is 7.83. The van der Waals surface area contributed by atoms with Gasteiger partial charge in [0.2, 0.25) is 0 Å². The lowest BCUT2D eigenvalue weighted by atomic mass is 10.1. The predicted octanol–water partition coefficient (Wildman–Crippen LogP) is 4.06. The molecular formula is C20H18FN3O3S. The van der Waals surface area contributed by atoms with Crippen molar-refractivity contribution >= 4 is 38.3 Å². The molecule has 3 aromatic rings. The average Bonchev–Trinajstić information content (AvgIpc) is 3.35. The van der Waals surface area contributed by atoms with Crippen molar-refractivity contribution < 1.29 is 18.7 Å². The fraction of sp³-hybridized carbons (Fsp3) is 0.300. The quantitative estimate of drug-likeness (QED) is 0.720. The first-order valence-electron chi connectivity index (χ1n) is 9.23. The summed E-state index contributed by atoms with van der Waals surface area (Å²) in [5.41, 5.74) is 1.55. The fourth-order valence-corrected chi connectivity index (χ4v) is 4.42. The van der Waals surface area contributed by atoms with Crippen molar-refractivity contribution in [3.05, 3.63) is 41.7 Å². The topological polar surface area (TPSA) is 63.7 Å². The number of carbonyl (C=O) groups is 1. The van der Waals surface area contributed by atoms with Crippen molar-refractivity contribution in [1.29, 1.82) is 0 Å². The molecule has 8 heteroatoms. The number of ether oxygens (including phenoxy) is 2. The molecule has 144 valence electrons. The van der Waals surface area contributed by atoms with E-state index in [1.54, 1.807) is 18.2 Å². The highest BCUT2D eigenvalue weighted by atomic mass is 32.1. The van der Waals surface area contributed by atoms with E-state index in [0.29, 0.717) is 35.5 Å². The number of nitrogens with zero attached hydrogens (tertiary/aromatic N) is 2. The average molecular weight is 399 g/mol. The summed E-state index contributed by atoms with van der Waals surface area (Å²) in [6.07, 6.45) is 2.14. The highest BCUT2D eigenvalue weighted by Crippen LogP contribution is 2.38. The Morgan fingerprint density at radius 3 is 2.61 bits per heavy atom. The number of benzene rings is 2. The first-order chi connectivity index (χ1) is 13.7. The maximum Gasteiger partial charge on any atom is 0.257 e. The summed E-state index contributed by atoms with van der Waals surface area (Å²) in [5.74, 6) is 0.574. The Hall–Kier alpha value is -2.87. The van der Waals surface area contributed by atoms with Crippen LogP contribution in [-0.4, -0.2) is 37.2 Å². The molecule has 1 amide bonds. The van der Waals surface area contributed by atoms with Gasteiger partial charge in [-0.1, -0.05) is 11.3 Å². The van der Waals surface area contributed by atoms with Gasteiger partial charge in [-0.2, -0.15) is 0 Å². The molecule has 0 radical (unpaired) electrons. The highest BCUT2D eigenvalue weighted by molar-refractivity contribution is 7.22. The summed E-state index contributed by atoms with van der Waals surface area (Å²) in [6.45, 7) is 2.72. The second kappa shape index (κ2) is 6.94. The minimum absolute atomic E-state index is 0.269. The third-order valence-electron chi connectivity index (χ3n) is 4.93. The van der Waals surface area contributed by atoms with Crippen molar-refractivity contribution in [2.75, 3.05) is 36.5 Å². The summed E-state index contributed by atoms with van der Waals surface area (Å²) in [5, 5.41) is 3.21. The van der Waals surface area contributed by atoms with Crippen LogP contribution in [0.2, 0.25) is 0 Å². The van der Waals surface area contributed by atoms with Crippen LogP contribution >= 0.6 is 11.3 Å². The number of nitrogens with one attached hydrogen (secondary N) is 1. The molecule has 0 bridgehead atoms. The third-order valence-corrected chi connectivity index (χ3v) is 5.86. The monoisotopic (exact) mass is 399 g/mol. The molecule has 1 aromatic heterocycles. The molecule has 2 aromatic carbocycles. The van der Waals surface area contributed by atoms with Gasteiger partial charge in [0.25, 0.3) is 5.91 Å². The Morgan fingerprint density at radius 2 is 1.86 bits per heavy atom. The van der Waals surface area contributed by atoms with Gasteiger partial charge >= 0.3 is 0 Å². The number of halogens is 1. The van der Waals surface area contributed by atoms with Crippen molar-refractivity contribution in [2.45, 2.75) is 12.8 Å². The van der Waals surface area contributed by atoms with Gasteiger partial charge in [0.15, 0.2) is 16.6 Å². The van der Waals surface area contributed by atoms with E-state index in [1.165, 1.54) is 17.4 Å². The molecule has 6 nitrogen and oxygen atoms in total. The van der Waals surface area contributed by atoms with Crippen LogP contribution in [0.25, 0.3) is 10.2 Å². The van der Waals surface area contributed by atoms with Crippen LogP contribution in [0, 0.1) is 5.82 Å². The second-order valence-electron chi connectivity index (χ2n) is 6.80. The molecule has 2 aliphatic heterocycles. The molecule has 0 spiro atoms. The Labute approximate surface area is 164 Å². The van der Waals surface area contributed by atoms with Crippen LogP contribution in [0.1, 0.15) is 23.2 Å². The zero-order chi connectivity index (χ0) is 19.1. The van der Waals surface area contributed by atoms with Crippen LogP contribution in [0.4, 0.5) is 15.2 Å². The smallest absolute Gasteiger partial charge is 0.257 e. The minimum Gasteiger partial charge on any atom is -0.486 e. The number of fused-ring (bicyclic) bond motifs is 2. The molecule has 0 unspecified atom stereocenters. The van der Waals surface area contributed by atoms with Gasteiger partial charge < -0.3 is 14.4 Å². The van der Waals surface area contributed by atoms with Crippen LogP contribution in [0.5, 0.6) is 11.5 Å². The summed E-state index contributed by atoms with van der Waals surface area (Å²) in [7, 11) is 0. The minimum atomic E-state index is -0.386. The molecule has 1 saturated heterocycles. The zero-order valence-corrected chi connectivity index (χ0v) is 15.9. The normalized spacial score (nSPS) is 15.8. The third kappa shape index (κ3) is 3.13. The Kier molecular flexibility index (Phi) is 4.27. The number of carbonyl (C=O) groups excluding carboxylic acids is 1. The number of rotatable bonds is 3. The van der Waals surface area contributed by atoms with E-state index in [4.69, 9.17) is 9.47 Å². The Balaban J connectivity index is 1.37. The van der Waals surface area contributed by atoms with E-state index in [2.05, 4.69) is 10.3 Å². The van der Waals surface area contributed by atoms with Gasteiger partial charge in [-0.25, -0.2) is 9.37 Å². The molecule has 5 rings (SSSR count). The maximum absolute atomic E-state index is 14.5. The largest absolute Gasteiger partial charge is 0.486 e. The van der Waals surface area contributed by atoms with E-state index >= 15 is 0 Å². The number of anilines is 2. The molecular weight excluding hydrogens is 381 g/mol. The van der Waals surface area contributed by atoms with Gasteiger partial charge in [-0.15, -0.1) is 0 Å². The molecule has 0 saturated carbocycles. The maximum atomic E-state index is 14.5. The number of aromatic nitrogens is 1. The number of hydrogen-bond donors (Lipinski definition) is 1. The first-order valence-corrected chi connectivity index (χ1v) is 10.0. The van der Waals surface area contributed by atoms with E-state index in [1.807, 2.05) is 11.0 Å². The lowest BCUT2D eigenvalue weighted by molar-refractivity contribution is 0.102. The number of thiazole rings is 1. The van der Waals surface area contributed by atoms with Gasteiger partial charge in [-0.3, -0.25) is 10.1 Å². The highest BCUT2D eigenvalue weighted by Gasteiger charge is 2.19. The number of amides is 1. The van der Waals surface area contributed by atoms with E-state index in [9.17, 15) is 9.18 Å². The standard InChI is InChI=1S/C20H18FN3O3S/c21-13-9-12(3-4-15(13)24-5-1-2-6-24)19(25)23-20-22-14-10-16-17(11-18(14)28-20)27-8-7-26-16/h3-4,9-11H,1-2,5-8H2,(H,22,23,25). The molecule has 0 aliphatic carbocycles. The van der Waals surface area contributed by atoms with Gasteiger partial charge in [0, 0.05) is 30.8 Å². The fourth-order valence-electron chi connectivity index (χ4n) is 3.55. The van der Waals surface area contributed by atoms with Crippen molar-refractivity contribution in [2.24, 2.45) is 0 Å². The molecule has 28 heavy (non-hydrogen) atoms. The van der Waals surface area contributed by atoms with E-state index < -0.39 is 0 Å². The molecule has 1 N–H and O–H groups in total. The lowest BCUT2D eigenvalue weighted by Gasteiger charge is -2.18. The molecule has 3 heterocycles. The summed E-state index contributed by atoms with van der Waals surface area (Å²) in [6, 6.07) is 8.29. The van der Waals surface area contributed by atoms with Gasteiger partial charge in [0.1, 0.15) is 19.0 Å². The van der Waals surface area contributed by atoms with Gasteiger partial charge in [-0.05, 0) is 31.0 Å². The predicted molar refractivity (Wildman–Crippen MR) is 106 cm³/mol. The van der Waals surface area contributed by atoms with Gasteiger partial charge in [0.05, 0.1) is 15.9 Å². The van der Waals surface area contributed by atoms with Crippen LogP contribution < -0.4 is 19.7 Å². The molecule has 2 aliphatic rings. The summed E-state index contributed by atoms with van der Waals surface area (Å²) < 4.78 is 26.5. The first kappa shape index (κ1) is 17.2. The van der Waals surface area contributed by atoms with Crippen molar-refractivity contribution in [3.8, 4) is 11.5 Å².